The van der Waals surface area contributed by atoms with Crippen molar-refractivity contribution in [2.24, 2.45) is 11.8 Å². The molecule has 1 aromatic rings. The van der Waals surface area contributed by atoms with E-state index in [-0.39, 0.29) is 11.5 Å². The highest BCUT2D eigenvalue weighted by atomic mass is 16.3. The molecule has 2 nitrogen and oxygen atoms in total. The van der Waals surface area contributed by atoms with Gasteiger partial charge in [0.25, 0.3) is 0 Å². The zero-order chi connectivity index (χ0) is 20.3. The summed E-state index contributed by atoms with van der Waals surface area (Å²) in [5.74, 6) is 1.37. The molecular formula is C26H39NO. The number of benzene rings is 1. The summed E-state index contributed by atoms with van der Waals surface area (Å²) in [6, 6.07) is 9.59. The fourth-order valence-corrected chi connectivity index (χ4v) is 4.86. The lowest BCUT2D eigenvalue weighted by molar-refractivity contribution is 0.189. The van der Waals surface area contributed by atoms with E-state index >= 15 is 0 Å². The Morgan fingerprint density at radius 2 is 1.89 bits per heavy atom. The van der Waals surface area contributed by atoms with E-state index in [9.17, 15) is 5.11 Å². The van der Waals surface area contributed by atoms with Crippen molar-refractivity contribution in [3.05, 3.63) is 59.2 Å². The van der Waals surface area contributed by atoms with Gasteiger partial charge in [-0.2, -0.15) is 0 Å². The SMILES string of the molecule is CCCCC1=CC(C)C(C(c2ccc(C(C)(C)C)cc2)C2C[C@@H](O)CN2)C=C1. The lowest BCUT2D eigenvalue weighted by Gasteiger charge is -2.36. The molecule has 2 N–H and O–H groups in total. The predicted octanol–water partition coefficient (Wildman–Crippen LogP) is 5.73. The van der Waals surface area contributed by atoms with Gasteiger partial charge in [0.05, 0.1) is 6.10 Å². The Hall–Kier alpha value is -1.38. The maximum Gasteiger partial charge on any atom is 0.0679 e. The normalized spacial score (nSPS) is 29.0. The summed E-state index contributed by atoms with van der Waals surface area (Å²) < 4.78 is 0. The molecular weight excluding hydrogens is 342 g/mol. The van der Waals surface area contributed by atoms with Crippen LogP contribution in [0, 0.1) is 11.8 Å². The van der Waals surface area contributed by atoms with Crippen LogP contribution in [0.25, 0.3) is 0 Å². The highest BCUT2D eigenvalue weighted by Crippen LogP contribution is 2.41. The fraction of sp³-hybridized carbons (Fsp3) is 0.615. The van der Waals surface area contributed by atoms with Gasteiger partial charge in [0.1, 0.15) is 0 Å². The van der Waals surface area contributed by atoms with Crippen LogP contribution in [0.5, 0.6) is 0 Å². The van der Waals surface area contributed by atoms with Crippen LogP contribution in [0.4, 0.5) is 0 Å². The van der Waals surface area contributed by atoms with Crippen molar-refractivity contribution in [2.75, 3.05) is 6.54 Å². The quantitative estimate of drug-likeness (QED) is 0.659. The zero-order valence-corrected chi connectivity index (χ0v) is 18.4. The van der Waals surface area contributed by atoms with Crippen molar-refractivity contribution in [3.8, 4) is 0 Å². The van der Waals surface area contributed by atoms with Crippen molar-refractivity contribution in [3.63, 3.8) is 0 Å². The third kappa shape index (κ3) is 4.96. The number of hydrogen-bond acceptors (Lipinski definition) is 2. The maximum atomic E-state index is 10.2. The third-order valence-corrected chi connectivity index (χ3v) is 6.59. The smallest absolute Gasteiger partial charge is 0.0679 e. The van der Waals surface area contributed by atoms with Crippen LogP contribution in [0.15, 0.2) is 48.1 Å². The summed E-state index contributed by atoms with van der Waals surface area (Å²) in [4.78, 5) is 0. The first-order chi connectivity index (χ1) is 13.3. The van der Waals surface area contributed by atoms with Crippen LogP contribution in [0.2, 0.25) is 0 Å². The van der Waals surface area contributed by atoms with E-state index in [1.165, 1.54) is 36.0 Å². The molecule has 1 aliphatic heterocycles. The molecule has 0 radical (unpaired) electrons. The lowest BCUT2D eigenvalue weighted by atomic mass is 9.71. The first-order valence-corrected chi connectivity index (χ1v) is 11.2. The molecule has 0 bridgehead atoms. The second-order valence-corrected chi connectivity index (χ2v) is 9.94. The van der Waals surface area contributed by atoms with Crippen molar-refractivity contribution >= 4 is 0 Å². The van der Waals surface area contributed by atoms with Gasteiger partial charge < -0.3 is 10.4 Å². The molecule has 154 valence electrons. The number of rotatable bonds is 6. The molecule has 2 aliphatic rings. The zero-order valence-electron chi connectivity index (χ0n) is 18.4. The predicted molar refractivity (Wildman–Crippen MR) is 120 cm³/mol. The van der Waals surface area contributed by atoms with Crippen LogP contribution in [-0.4, -0.2) is 23.8 Å². The Balaban J connectivity index is 1.86. The van der Waals surface area contributed by atoms with Gasteiger partial charge in [0.15, 0.2) is 0 Å². The molecule has 1 heterocycles. The Morgan fingerprint density at radius 3 is 2.43 bits per heavy atom. The van der Waals surface area contributed by atoms with Gasteiger partial charge in [-0.3, -0.25) is 0 Å². The van der Waals surface area contributed by atoms with Crippen LogP contribution in [0.3, 0.4) is 0 Å². The molecule has 0 amide bonds. The second-order valence-electron chi connectivity index (χ2n) is 9.94. The summed E-state index contributed by atoms with van der Waals surface area (Å²) in [7, 11) is 0. The Bertz CT molecular complexity index is 694. The van der Waals surface area contributed by atoms with Crippen molar-refractivity contribution in [1.29, 1.82) is 0 Å². The van der Waals surface area contributed by atoms with Crippen LogP contribution < -0.4 is 5.32 Å². The second kappa shape index (κ2) is 8.97. The summed E-state index contributed by atoms with van der Waals surface area (Å²) in [6.45, 7) is 12.1. The number of aliphatic hydroxyl groups is 1. The molecule has 1 aromatic carbocycles. The minimum absolute atomic E-state index is 0.171. The molecule has 4 unspecified atom stereocenters. The first-order valence-electron chi connectivity index (χ1n) is 11.2. The van der Waals surface area contributed by atoms with E-state index in [4.69, 9.17) is 0 Å². The summed E-state index contributed by atoms with van der Waals surface area (Å²) >= 11 is 0. The average Bonchev–Trinajstić information content (AvgIpc) is 3.07. The molecule has 28 heavy (non-hydrogen) atoms. The molecule has 0 aromatic heterocycles. The monoisotopic (exact) mass is 381 g/mol. The number of nitrogens with one attached hydrogen (secondary N) is 1. The molecule has 0 spiro atoms. The summed E-state index contributed by atoms with van der Waals surface area (Å²) in [6.07, 6.45) is 11.6. The van der Waals surface area contributed by atoms with E-state index in [2.05, 4.69) is 82.4 Å². The molecule has 5 atom stereocenters. The number of β-amino-alcohol motifs (C(OH)–C–C–N with tert-alkyl or cyclic N) is 1. The Morgan fingerprint density at radius 1 is 1.18 bits per heavy atom. The maximum absolute atomic E-state index is 10.2. The van der Waals surface area contributed by atoms with Gasteiger partial charge in [0, 0.05) is 18.5 Å². The van der Waals surface area contributed by atoms with E-state index in [0.29, 0.717) is 30.3 Å². The van der Waals surface area contributed by atoms with Crippen molar-refractivity contribution in [1.82, 2.24) is 5.32 Å². The molecule has 1 saturated heterocycles. The summed E-state index contributed by atoms with van der Waals surface area (Å²) in [5.41, 5.74) is 4.44. The first kappa shape index (κ1) is 21.3. The highest BCUT2D eigenvalue weighted by Gasteiger charge is 2.37. The standard InChI is InChI=1S/C26H39NO/c1-6-7-8-19-9-14-23(18(2)15-19)25(24-16-22(28)17-27-24)20-10-12-21(13-11-20)26(3,4)5/h9-15,18,22-25,27-28H,6-8,16-17H2,1-5H3/t18?,22-,23?,24?,25?/m1/s1. The molecule has 1 fully saturated rings. The van der Waals surface area contributed by atoms with Crippen molar-refractivity contribution in [2.45, 2.75) is 83.8 Å². The minimum Gasteiger partial charge on any atom is -0.392 e. The van der Waals surface area contributed by atoms with Crippen LogP contribution >= 0.6 is 0 Å². The number of hydrogen-bond donors (Lipinski definition) is 2. The van der Waals surface area contributed by atoms with Crippen LogP contribution in [0.1, 0.15) is 77.3 Å². The van der Waals surface area contributed by atoms with Gasteiger partial charge in [-0.1, -0.05) is 89.1 Å². The Kier molecular flexibility index (Phi) is 6.83. The highest BCUT2D eigenvalue weighted by molar-refractivity contribution is 5.34. The van der Waals surface area contributed by atoms with E-state index in [1.54, 1.807) is 0 Å². The van der Waals surface area contributed by atoms with E-state index < -0.39 is 0 Å². The molecule has 2 heteroatoms. The molecule has 0 saturated carbocycles. The third-order valence-electron chi connectivity index (χ3n) is 6.59. The van der Waals surface area contributed by atoms with Gasteiger partial charge >= 0.3 is 0 Å². The van der Waals surface area contributed by atoms with Gasteiger partial charge in [-0.05, 0) is 47.6 Å². The van der Waals surface area contributed by atoms with Crippen LogP contribution in [-0.2, 0) is 5.41 Å². The van der Waals surface area contributed by atoms with Crippen molar-refractivity contribution < 1.29 is 5.11 Å². The topological polar surface area (TPSA) is 32.3 Å². The molecule has 3 rings (SSSR count). The largest absolute Gasteiger partial charge is 0.392 e. The van der Waals surface area contributed by atoms with E-state index in [0.717, 1.165) is 6.42 Å². The number of unbranched alkanes of at least 4 members (excludes halogenated alkanes) is 1. The van der Waals surface area contributed by atoms with Gasteiger partial charge in [0.2, 0.25) is 0 Å². The minimum atomic E-state index is -0.222. The lowest BCUT2D eigenvalue weighted by Crippen LogP contribution is -2.35. The Labute approximate surface area is 172 Å². The fourth-order valence-electron chi connectivity index (χ4n) is 4.86. The number of aliphatic hydroxyl groups excluding tert-OH is 1. The average molecular weight is 382 g/mol. The summed E-state index contributed by atoms with van der Waals surface area (Å²) in [5, 5.41) is 13.8. The van der Waals surface area contributed by atoms with E-state index in [1.807, 2.05) is 0 Å². The van der Waals surface area contributed by atoms with Gasteiger partial charge in [-0.25, -0.2) is 0 Å². The number of allylic oxidation sites excluding steroid dienone is 4. The molecule has 1 aliphatic carbocycles. The van der Waals surface area contributed by atoms with Gasteiger partial charge in [-0.15, -0.1) is 0 Å².